The molecule has 0 aliphatic carbocycles. The third-order valence-electron chi connectivity index (χ3n) is 3.68. The van der Waals surface area contributed by atoms with Crippen LogP contribution in [-0.4, -0.2) is 19.6 Å². The minimum absolute atomic E-state index is 0.00957. The number of nitrogens with one attached hydrogen (secondary N) is 1. The van der Waals surface area contributed by atoms with Crippen molar-refractivity contribution in [2.75, 3.05) is 13.7 Å². The molecule has 1 atom stereocenters. The molecule has 2 aromatic rings. The molecule has 0 heterocycles. The van der Waals surface area contributed by atoms with Crippen LogP contribution in [0.4, 0.5) is 0 Å². The number of para-hydroxylation sites is 1. The average molecular weight is 313 g/mol. The lowest BCUT2D eigenvalue weighted by Gasteiger charge is -2.19. The first-order valence-corrected chi connectivity index (χ1v) is 7.75. The third-order valence-corrected chi connectivity index (χ3v) is 3.68. The lowest BCUT2D eigenvalue weighted by molar-refractivity contribution is -0.123. The van der Waals surface area contributed by atoms with Crippen molar-refractivity contribution in [1.29, 1.82) is 0 Å². The van der Waals surface area contributed by atoms with E-state index in [9.17, 15) is 4.79 Å². The number of rotatable bonds is 7. The maximum atomic E-state index is 12.1. The van der Waals surface area contributed by atoms with Gasteiger partial charge < -0.3 is 14.8 Å². The number of aryl methyl sites for hydroxylation is 1. The predicted octanol–water partition coefficient (Wildman–Crippen LogP) is 3.65. The van der Waals surface area contributed by atoms with E-state index in [4.69, 9.17) is 9.47 Å². The molecule has 122 valence electrons. The SMILES string of the molecule is CC[C@@H](NC(=O)COc1ccccc1)c1ccc(OC)c(C)c1. The van der Waals surface area contributed by atoms with Crippen molar-refractivity contribution in [2.45, 2.75) is 26.3 Å². The summed E-state index contributed by atoms with van der Waals surface area (Å²) in [5, 5.41) is 3.01. The Balaban J connectivity index is 1.96. The number of carbonyl (C=O) groups is 1. The van der Waals surface area contributed by atoms with Crippen molar-refractivity contribution in [1.82, 2.24) is 5.32 Å². The van der Waals surface area contributed by atoms with Crippen LogP contribution in [0.15, 0.2) is 48.5 Å². The van der Waals surface area contributed by atoms with E-state index >= 15 is 0 Å². The molecule has 4 heteroatoms. The lowest BCUT2D eigenvalue weighted by atomic mass is 10.0. The molecule has 23 heavy (non-hydrogen) atoms. The highest BCUT2D eigenvalue weighted by molar-refractivity contribution is 5.78. The molecule has 0 radical (unpaired) electrons. The van der Waals surface area contributed by atoms with Gasteiger partial charge in [-0.2, -0.15) is 0 Å². The quantitative estimate of drug-likeness (QED) is 0.849. The van der Waals surface area contributed by atoms with Crippen LogP contribution in [0.1, 0.15) is 30.5 Å². The van der Waals surface area contributed by atoms with Crippen molar-refractivity contribution in [2.24, 2.45) is 0 Å². The van der Waals surface area contributed by atoms with Gasteiger partial charge in [-0.25, -0.2) is 0 Å². The average Bonchev–Trinajstić information content (AvgIpc) is 2.58. The van der Waals surface area contributed by atoms with Crippen LogP contribution in [0.2, 0.25) is 0 Å². The number of hydrogen-bond acceptors (Lipinski definition) is 3. The summed E-state index contributed by atoms with van der Waals surface area (Å²) in [6.45, 7) is 4.05. The number of carbonyl (C=O) groups excluding carboxylic acids is 1. The molecule has 0 fully saturated rings. The topological polar surface area (TPSA) is 47.6 Å². The Bertz CT molecular complexity index is 640. The van der Waals surface area contributed by atoms with Gasteiger partial charge in [-0.05, 0) is 42.7 Å². The summed E-state index contributed by atoms with van der Waals surface area (Å²) in [5.41, 5.74) is 2.12. The molecule has 1 amide bonds. The second-order valence-corrected chi connectivity index (χ2v) is 5.36. The van der Waals surface area contributed by atoms with E-state index in [1.807, 2.05) is 62.4 Å². The smallest absolute Gasteiger partial charge is 0.258 e. The van der Waals surface area contributed by atoms with Crippen LogP contribution < -0.4 is 14.8 Å². The molecule has 0 bridgehead atoms. The molecule has 0 spiro atoms. The van der Waals surface area contributed by atoms with Gasteiger partial charge >= 0.3 is 0 Å². The predicted molar refractivity (Wildman–Crippen MR) is 90.8 cm³/mol. The summed E-state index contributed by atoms with van der Waals surface area (Å²) in [6, 6.07) is 15.3. The third kappa shape index (κ3) is 4.74. The number of methoxy groups -OCH3 is 1. The summed E-state index contributed by atoms with van der Waals surface area (Å²) >= 11 is 0. The minimum atomic E-state index is -0.130. The van der Waals surface area contributed by atoms with Crippen LogP contribution in [0.25, 0.3) is 0 Å². The second kappa shape index (κ2) is 8.22. The fourth-order valence-electron chi connectivity index (χ4n) is 2.44. The van der Waals surface area contributed by atoms with E-state index in [-0.39, 0.29) is 18.6 Å². The fraction of sp³-hybridized carbons (Fsp3) is 0.316. The fourth-order valence-corrected chi connectivity index (χ4v) is 2.44. The lowest BCUT2D eigenvalue weighted by Crippen LogP contribution is -2.32. The van der Waals surface area contributed by atoms with Gasteiger partial charge in [-0.15, -0.1) is 0 Å². The van der Waals surface area contributed by atoms with Crippen molar-refractivity contribution in [3.05, 3.63) is 59.7 Å². The molecule has 0 aromatic heterocycles. The molecule has 0 unspecified atom stereocenters. The van der Waals surface area contributed by atoms with Crippen LogP contribution >= 0.6 is 0 Å². The summed E-state index contributed by atoms with van der Waals surface area (Å²) in [4.78, 5) is 12.1. The monoisotopic (exact) mass is 313 g/mol. The van der Waals surface area contributed by atoms with Gasteiger partial charge in [-0.1, -0.05) is 37.3 Å². The standard InChI is InChI=1S/C19H23NO3/c1-4-17(15-10-11-18(22-3)14(2)12-15)20-19(21)13-23-16-8-6-5-7-9-16/h5-12,17H,4,13H2,1-3H3,(H,20,21)/t17-/m1/s1. The Morgan fingerprint density at radius 2 is 1.91 bits per heavy atom. The van der Waals surface area contributed by atoms with E-state index < -0.39 is 0 Å². The van der Waals surface area contributed by atoms with Gasteiger partial charge in [0.1, 0.15) is 11.5 Å². The summed E-state index contributed by atoms with van der Waals surface area (Å²) in [5.74, 6) is 1.41. The Labute approximate surface area is 137 Å². The molecular weight excluding hydrogens is 290 g/mol. The molecule has 1 N–H and O–H groups in total. The highest BCUT2D eigenvalue weighted by Gasteiger charge is 2.14. The molecule has 0 saturated heterocycles. The first kappa shape index (κ1) is 16.9. The first-order valence-electron chi connectivity index (χ1n) is 7.75. The molecule has 4 nitrogen and oxygen atoms in total. The van der Waals surface area contributed by atoms with Gasteiger partial charge in [-0.3, -0.25) is 4.79 Å². The summed E-state index contributed by atoms with van der Waals surface area (Å²) in [6.07, 6.45) is 0.808. The van der Waals surface area contributed by atoms with Gasteiger partial charge in [0.15, 0.2) is 6.61 Å². The molecule has 0 aliphatic rings. The van der Waals surface area contributed by atoms with E-state index in [2.05, 4.69) is 5.32 Å². The maximum Gasteiger partial charge on any atom is 0.258 e. The number of ether oxygens (including phenoxy) is 2. The van der Waals surface area contributed by atoms with E-state index in [1.54, 1.807) is 7.11 Å². The van der Waals surface area contributed by atoms with Gasteiger partial charge in [0, 0.05) is 0 Å². The molecule has 2 aromatic carbocycles. The van der Waals surface area contributed by atoms with Crippen LogP contribution in [-0.2, 0) is 4.79 Å². The largest absolute Gasteiger partial charge is 0.496 e. The minimum Gasteiger partial charge on any atom is -0.496 e. The Kier molecular flexibility index (Phi) is 6.03. The van der Waals surface area contributed by atoms with E-state index in [1.165, 1.54) is 0 Å². The van der Waals surface area contributed by atoms with Crippen molar-refractivity contribution < 1.29 is 14.3 Å². The molecule has 0 saturated carbocycles. The normalized spacial score (nSPS) is 11.6. The number of amides is 1. The second-order valence-electron chi connectivity index (χ2n) is 5.36. The van der Waals surface area contributed by atoms with E-state index in [0.29, 0.717) is 5.75 Å². The van der Waals surface area contributed by atoms with Crippen molar-refractivity contribution in [3.8, 4) is 11.5 Å². The van der Waals surface area contributed by atoms with Crippen LogP contribution in [0.3, 0.4) is 0 Å². The zero-order chi connectivity index (χ0) is 16.7. The van der Waals surface area contributed by atoms with Crippen LogP contribution in [0.5, 0.6) is 11.5 Å². The Hall–Kier alpha value is -2.49. The highest BCUT2D eigenvalue weighted by atomic mass is 16.5. The Morgan fingerprint density at radius 1 is 1.17 bits per heavy atom. The van der Waals surface area contributed by atoms with Gasteiger partial charge in [0.25, 0.3) is 5.91 Å². The number of benzene rings is 2. The maximum absolute atomic E-state index is 12.1. The number of hydrogen-bond donors (Lipinski definition) is 1. The van der Waals surface area contributed by atoms with Crippen molar-refractivity contribution in [3.63, 3.8) is 0 Å². The Morgan fingerprint density at radius 3 is 2.52 bits per heavy atom. The molecule has 0 aliphatic heterocycles. The highest BCUT2D eigenvalue weighted by Crippen LogP contribution is 2.24. The summed E-state index contributed by atoms with van der Waals surface area (Å²) in [7, 11) is 1.65. The zero-order valence-electron chi connectivity index (χ0n) is 13.8. The first-order chi connectivity index (χ1) is 11.1. The summed E-state index contributed by atoms with van der Waals surface area (Å²) < 4.78 is 10.8. The van der Waals surface area contributed by atoms with E-state index in [0.717, 1.165) is 23.3 Å². The molecule has 2 rings (SSSR count). The van der Waals surface area contributed by atoms with Gasteiger partial charge in [0.05, 0.1) is 13.2 Å². The van der Waals surface area contributed by atoms with Crippen LogP contribution in [0, 0.1) is 6.92 Å². The van der Waals surface area contributed by atoms with Crippen molar-refractivity contribution >= 4 is 5.91 Å². The zero-order valence-corrected chi connectivity index (χ0v) is 13.8. The van der Waals surface area contributed by atoms with Gasteiger partial charge in [0.2, 0.25) is 0 Å². The molecular formula is C19H23NO3.